The molecule has 0 saturated heterocycles. The third-order valence-corrected chi connectivity index (χ3v) is 3.87. The Kier molecular flexibility index (Phi) is 4.21. The molecule has 0 unspecified atom stereocenters. The number of nitrogens with two attached hydrogens (primary N) is 1. The number of ether oxygens (including phenoxy) is 1. The minimum Gasteiger partial charge on any atom is -0.484 e. The molecule has 6 heteroatoms. The first-order chi connectivity index (χ1) is 11.0. The second kappa shape index (κ2) is 6.30. The second-order valence-corrected chi connectivity index (χ2v) is 5.69. The molecule has 0 radical (unpaired) electrons. The Labute approximate surface area is 138 Å². The van der Waals surface area contributed by atoms with Gasteiger partial charge in [0.1, 0.15) is 5.75 Å². The molecule has 0 fully saturated rings. The molecule has 0 aromatic heterocycles. The number of amides is 2. The van der Waals surface area contributed by atoms with Crippen molar-refractivity contribution in [2.75, 3.05) is 11.5 Å². The molecule has 118 valence electrons. The number of aryl methyl sites for hydroxylation is 1. The molecular weight excluding hydrogens is 316 g/mol. The lowest BCUT2D eigenvalue weighted by molar-refractivity contribution is -0.120. The first-order valence-electron chi connectivity index (χ1n) is 7.17. The molecule has 1 aliphatic heterocycles. The zero-order valence-corrected chi connectivity index (χ0v) is 13.0. The van der Waals surface area contributed by atoms with E-state index in [0.29, 0.717) is 23.6 Å². The molecule has 2 aromatic rings. The maximum absolute atomic E-state index is 12.4. The molecule has 1 aliphatic rings. The zero-order valence-electron chi connectivity index (χ0n) is 12.3. The van der Waals surface area contributed by atoms with Crippen LogP contribution in [0.2, 0.25) is 5.02 Å². The first-order valence-corrected chi connectivity index (χ1v) is 7.55. The quantitative estimate of drug-likeness (QED) is 0.936. The summed E-state index contributed by atoms with van der Waals surface area (Å²) in [7, 11) is 0. The summed E-state index contributed by atoms with van der Waals surface area (Å²) >= 11 is 5.92. The van der Waals surface area contributed by atoms with Crippen LogP contribution in [0.4, 0.5) is 11.4 Å². The summed E-state index contributed by atoms with van der Waals surface area (Å²) in [6, 6.07) is 12.5. The summed E-state index contributed by atoms with van der Waals surface area (Å²) in [4.78, 5) is 24.9. The van der Waals surface area contributed by atoms with Gasteiger partial charge in [-0.3, -0.25) is 14.5 Å². The number of hydrogen-bond acceptors (Lipinski definition) is 3. The van der Waals surface area contributed by atoms with Crippen LogP contribution >= 0.6 is 11.6 Å². The average Bonchev–Trinajstić information content (AvgIpc) is 2.54. The molecule has 2 aromatic carbocycles. The number of anilines is 2. The zero-order chi connectivity index (χ0) is 16.4. The van der Waals surface area contributed by atoms with E-state index in [9.17, 15) is 9.59 Å². The highest BCUT2D eigenvalue weighted by molar-refractivity contribution is 6.30. The molecule has 2 N–H and O–H groups in total. The van der Waals surface area contributed by atoms with Gasteiger partial charge in [0.2, 0.25) is 5.91 Å². The van der Waals surface area contributed by atoms with Gasteiger partial charge in [-0.2, -0.15) is 0 Å². The molecule has 0 saturated carbocycles. The minimum atomic E-state index is -0.548. The van der Waals surface area contributed by atoms with Crippen LogP contribution in [-0.2, 0) is 16.0 Å². The van der Waals surface area contributed by atoms with E-state index in [-0.39, 0.29) is 12.5 Å². The van der Waals surface area contributed by atoms with Crippen LogP contribution in [0.3, 0.4) is 0 Å². The van der Waals surface area contributed by atoms with Crippen LogP contribution in [0.15, 0.2) is 42.5 Å². The van der Waals surface area contributed by atoms with Crippen LogP contribution in [-0.4, -0.2) is 18.4 Å². The molecular formula is C17H15ClN2O3. The summed E-state index contributed by atoms with van der Waals surface area (Å²) in [5.41, 5.74) is 7.64. The highest BCUT2D eigenvalue weighted by atomic mass is 35.5. The van der Waals surface area contributed by atoms with E-state index in [1.165, 1.54) is 0 Å². The number of benzene rings is 2. The van der Waals surface area contributed by atoms with Gasteiger partial charge in [0.15, 0.2) is 6.61 Å². The molecule has 1 heterocycles. The van der Waals surface area contributed by atoms with Crippen molar-refractivity contribution in [3.63, 3.8) is 0 Å². The van der Waals surface area contributed by atoms with Gasteiger partial charge in [-0.25, -0.2) is 0 Å². The van der Waals surface area contributed by atoms with Crippen molar-refractivity contribution in [1.82, 2.24) is 0 Å². The Bertz CT molecular complexity index is 759. The Morgan fingerprint density at radius 2 is 1.91 bits per heavy atom. The Morgan fingerprint density at radius 1 is 1.17 bits per heavy atom. The topological polar surface area (TPSA) is 72.6 Å². The lowest BCUT2D eigenvalue weighted by Crippen LogP contribution is -2.30. The van der Waals surface area contributed by atoms with Crippen LogP contribution in [0.25, 0.3) is 0 Å². The second-order valence-electron chi connectivity index (χ2n) is 5.25. The normalized spacial score (nSPS) is 13.6. The number of nitrogens with zero attached hydrogens (tertiary/aromatic N) is 1. The van der Waals surface area contributed by atoms with E-state index in [1.807, 2.05) is 6.07 Å². The van der Waals surface area contributed by atoms with E-state index in [0.717, 1.165) is 16.9 Å². The van der Waals surface area contributed by atoms with Crippen molar-refractivity contribution in [3.05, 3.63) is 53.1 Å². The third kappa shape index (κ3) is 3.29. The molecule has 2 amide bonds. The van der Waals surface area contributed by atoms with Crippen molar-refractivity contribution in [3.8, 4) is 5.75 Å². The van der Waals surface area contributed by atoms with E-state index >= 15 is 0 Å². The van der Waals surface area contributed by atoms with E-state index in [1.54, 1.807) is 41.3 Å². The fourth-order valence-electron chi connectivity index (χ4n) is 2.57. The summed E-state index contributed by atoms with van der Waals surface area (Å²) in [5.74, 6) is -0.0450. The molecule has 3 rings (SSSR count). The SMILES string of the molecule is NC(=O)COc1ccc2c(c1)N(c1ccc(Cl)cc1)C(=O)CC2. The largest absolute Gasteiger partial charge is 0.484 e. The highest BCUT2D eigenvalue weighted by Crippen LogP contribution is 2.37. The monoisotopic (exact) mass is 330 g/mol. The van der Waals surface area contributed by atoms with Gasteiger partial charge in [0.25, 0.3) is 5.91 Å². The predicted octanol–water partition coefficient (Wildman–Crippen LogP) is 2.82. The Balaban J connectivity index is 1.98. The van der Waals surface area contributed by atoms with Gasteiger partial charge in [-0.15, -0.1) is 0 Å². The Hall–Kier alpha value is -2.53. The standard InChI is InChI=1S/C17H15ClN2O3/c18-12-3-5-13(6-4-12)20-15-9-14(23-10-16(19)21)7-1-11(15)2-8-17(20)22/h1,3-7,9H,2,8,10H2,(H2,19,21). The average molecular weight is 331 g/mol. The van der Waals surface area contributed by atoms with Crippen molar-refractivity contribution in [1.29, 1.82) is 0 Å². The van der Waals surface area contributed by atoms with Gasteiger partial charge in [-0.1, -0.05) is 17.7 Å². The van der Waals surface area contributed by atoms with Gasteiger partial charge < -0.3 is 10.5 Å². The molecule has 5 nitrogen and oxygen atoms in total. The maximum Gasteiger partial charge on any atom is 0.255 e. The van der Waals surface area contributed by atoms with Gasteiger partial charge in [0, 0.05) is 23.2 Å². The van der Waals surface area contributed by atoms with E-state index < -0.39 is 5.91 Å². The Morgan fingerprint density at radius 3 is 2.61 bits per heavy atom. The van der Waals surface area contributed by atoms with Crippen molar-refractivity contribution in [2.24, 2.45) is 5.73 Å². The molecule has 23 heavy (non-hydrogen) atoms. The molecule has 0 spiro atoms. The van der Waals surface area contributed by atoms with Crippen LogP contribution in [0, 0.1) is 0 Å². The summed E-state index contributed by atoms with van der Waals surface area (Å²) in [6.07, 6.45) is 1.12. The van der Waals surface area contributed by atoms with Crippen molar-refractivity contribution in [2.45, 2.75) is 12.8 Å². The molecule has 0 atom stereocenters. The third-order valence-electron chi connectivity index (χ3n) is 3.62. The van der Waals surface area contributed by atoms with Crippen molar-refractivity contribution < 1.29 is 14.3 Å². The van der Waals surface area contributed by atoms with Crippen LogP contribution < -0.4 is 15.4 Å². The van der Waals surface area contributed by atoms with Crippen LogP contribution in [0.1, 0.15) is 12.0 Å². The van der Waals surface area contributed by atoms with Gasteiger partial charge in [-0.05, 0) is 42.3 Å². The number of rotatable bonds is 4. The van der Waals surface area contributed by atoms with Crippen molar-refractivity contribution >= 4 is 34.8 Å². The number of primary amides is 1. The summed E-state index contributed by atoms with van der Waals surface area (Å²) < 4.78 is 5.34. The first kappa shape index (κ1) is 15.4. The molecule has 0 aliphatic carbocycles. The summed E-state index contributed by atoms with van der Waals surface area (Å²) in [6.45, 7) is -0.201. The van der Waals surface area contributed by atoms with E-state index in [2.05, 4.69) is 0 Å². The molecule has 0 bridgehead atoms. The highest BCUT2D eigenvalue weighted by Gasteiger charge is 2.26. The summed E-state index contributed by atoms with van der Waals surface area (Å²) in [5, 5.41) is 0.608. The smallest absolute Gasteiger partial charge is 0.255 e. The van der Waals surface area contributed by atoms with Gasteiger partial charge >= 0.3 is 0 Å². The number of fused-ring (bicyclic) bond motifs is 1. The number of carbonyl (C=O) groups is 2. The fraction of sp³-hybridized carbons (Fsp3) is 0.176. The predicted molar refractivity (Wildman–Crippen MR) is 88.1 cm³/mol. The maximum atomic E-state index is 12.4. The lowest BCUT2D eigenvalue weighted by Gasteiger charge is -2.30. The number of hydrogen-bond donors (Lipinski definition) is 1. The fourth-order valence-corrected chi connectivity index (χ4v) is 2.69. The number of carbonyl (C=O) groups excluding carboxylic acids is 2. The lowest BCUT2D eigenvalue weighted by atomic mass is 10.00. The van der Waals surface area contributed by atoms with E-state index in [4.69, 9.17) is 22.1 Å². The minimum absolute atomic E-state index is 0.00636. The number of halogens is 1. The van der Waals surface area contributed by atoms with Crippen LogP contribution in [0.5, 0.6) is 5.75 Å². The van der Waals surface area contributed by atoms with Gasteiger partial charge in [0.05, 0.1) is 5.69 Å².